The van der Waals surface area contributed by atoms with E-state index in [9.17, 15) is 10.1 Å². The van der Waals surface area contributed by atoms with Gasteiger partial charge < -0.3 is 5.32 Å². The summed E-state index contributed by atoms with van der Waals surface area (Å²) >= 11 is 0. The first-order chi connectivity index (χ1) is 9.06. The summed E-state index contributed by atoms with van der Waals surface area (Å²) in [6.45, 7) is 4.89. The topological polar surface area (TPSA) is 85.9 Å². The van der Waals surface area contributed by atoms with Crippen molar-refractivity contribution in [3.8, 4) is 0 Å². The van der Waals surface area contributed by atoms with E-state index in [1.54, 1.807) is 24.0 Å². The fraction of sp³-hybridized carbons (Fsp3) is 0.333. The zero-order chi connectivity index (χ0) is 13.8. The van der Waals surface area contributed by atoms with E-state index in [0.717, 1.165) is 11.1 Å². The standard InChI is InChI=1S/C12H15N5O2/c1-9-5-11(17(18)19)12(14-6-9)13-3-4-16-8-10(2)7-15-16/h5-8H,3-4H2,1-2H3,(H,13,14). The van der Waals surface area contributed by atoms with Crippen LogP contribution in [0, 0.1) is 24.0 Å². The van der Waals surface area contributed by atoms with Crippen LogP contribution in [0.4, 0.5) is 11.5 Å². The van der Waals surface area contributed by atoms with Gasteiger partial charge in [-0.05, 0) is 25.0 Å². The molecule has 0 saturated carbocycles. The van der Waals surface area contributed by atoms with Gasteiger partial charge in [-0.25, -0.2) is 4.98 Å². The monoisotopic (exact) mass is 261 g/mol. The lowest BCUT2D eigenvalue weighted by Gasteiger charge is -2.06. The normalized spacial score (nSPS) is 10.4. The largest absolute Gasteiger partial charge is 0.362 e. The van der Waals surface area contributed by atoms with Crippen molar-refractivity contribution in [1.82, 2.24) is 14.8 Å². The first-order valence-electron chi connectivity index (χ1n) is 5.90. The van der Waals surface area contributed by atoms with Crippen LogP contribution in [0.3, 0.4) is 0 Å². The van der Waals surface area contributed by atoms with Gasteiger partial charge in [0.25, 0.3) is 0 Å². The summed E-state index contributed by atoms with van der Waals surface area (Å²) in [5.41, 5.74) is 1.84. The van der Waals surface area contributed by atoms with Gasteiger partial charge in [0.2, 0.25) is 5.82 Å². The van der Waals surface area contributed by atoms with Gasteiger partial charge in [0.15, 0.2) is 0 Å². The van der Waals surface area contributed by atoms with Crippen LogP contribution < -0.4 is 5.32 Å². The smallest absolute Gasteiger partial charge is 0.311 e. The molecule has 7 nitrogen and oxygen atoms in total. The maximum atomic E-state index is 10.9. The van der Waals surface area contributed by atoms with Crippen LogP contribution in [-0.4, -0.2) is 26.2 Å². The van der Waals surface area contributed by atoms with Crippen LogP contribution in [0.15, 0.2) is 24.7 Å². The summed E-state index contributed by atoms with van der Waals surface area (Å²) < 4.78 is 1.78. The molecular formula is C12H15N5O2. The highest BCUT2D eigenvalue weighted by Crippen LogP contribution is 2.21. The molecule has 2 aromatic heterocycles. The molecule has 0 atom stereocenters. The lowest BCUT2D eigenvalue weighted by Crippen LogP contribution is -2.12. The molecule has 100 valence electrons. The van der Waals surface area contributed by atoms with E-state index < -0.39 is 4.92 Å². The third-order valence-corrected chi connectivity index (χ3v) is 2.60. The Balaban J connectivity index is 2.01. The highest BCUT2D eigenvalue weighted by Gasteiger charge is 2.14. The van der Waals surface area contributed by atoms with Crippen molar-refractivity contribution in [3.05, 3.63) is 45.9 Å². The Kier molecular flexibility index (Phi) is 3.74. The molecule has 0 saturated heterocycles. The molecule has 19 heavy (non-hydrogen) atoms. The van der Waals surface area contributed by atoms with Crippen molar-refractivity contribution in [2.75, 3.05) is 11.9 Å². The van der Waals surface area contributed by atoms with Gasteiger partial charge >= 0.3 is 5.69 Å². The maximum Gasteiger partial charge on any atom is 0.311 e. The molecule has 0 aromatic carbocycles. The molecule has 1 N–H and O–H groups in total. The van der Waals surface area contributed by atoms with Crippen LogP contribution in [0.2, 0.25) is 0 Å². The quantitative estimate of drug-likeness (QED) is 0.656. The van der Waals surface area contributed by atoms with E-state index in [4.69, 9.17) is 0 Å². The van der Waals surface area contributed by atoms with E-state index in [2.05, 4.69) is 15.4 Å². The second-order valence-corrected chi connectivity index (χ2v) is 4.35. The SMILES string of the molecule is Cc1cnc(NCCn2cc(C)cn2)c([N+](=O)[O-])c1. The number of aryl methyl sites for hydroxylation is 2. The Hall–Kier alpha value is -2.44. The molecule has 0 radical (unpaired) electrons. The molecule has 0 amide bonds. The third-order valence-electron chi connectivity index (χ3n) is 2.60. The summed E-state index contributed by atoms with van der Waals surface area (Å²) in [7, 11) is 0. The Labute approximate surface area is 110 Å². The lowest BCUT2D eigenvalue weighted by atomic mass is 10.3. The van der Waals surface area contributed by atoms with Crippen molar-refractivity contribution in [2.45, 2.75) is 20.4 Å². The first kappa shape index (κ1) is 13.0. The van der Waals surface area contributed by atoms with Crippen LogP contribution in [-0.2, 0) is 6.54 Å². The van der Waals surface area contributed by atoms with Crippen molar-refractivity contribution < 1.29 is 4.92 Å². The number of aromatic nitrogens is 3. The Bertz CT molecular complexity index is 594. The van der Waals surface area contributed by atoms with E-state index in [0.29, 0.717) is 18.9 Å². The minimum Gasteiger partial charge on any atom is -0.362 e. The van der Waals surface area contributed by atoms with E-state index in [1.165, 1.54) is 6.07 Å². The van der Waals surface area contributed by atoms with Crippen LogP contribution >= 0.6 is 0 Å². The molecule has 0 unspecified atom stereocenters. The zero-order valence-electron chi connectivity index (χ0n) is 10.8. The Morgan fingerprint density at radius 2 is 2.16 bits per heavy atom. The number of nitrogens with one attached hydrogen (secondary N) is 1. The molecule has 0 aliphatic carbocycles. The molecule has 0 spiro atoms. The van der Waals surface area contributed by atoms with Gasteiger partial charge in [-0.2, -0.15) is 5.10 Å². The second kappa shape index (κ2) is 5.47. The molecule has 0 fully saturated rings. The molecule has 0 bridgehead atoms. The van der Waals surface area contributed by atoms with Crippen molar-refractivity contribution >= 4 is 11.5 Å². The van der Waals surface area contributed by atoms with Crippen molar-refractivity contribution in [2.24, 2.45) is 0 Å². The summed E-state index contributed by atoms with van der Waals surface area (Å²) in [5.74, 6) is 0.291. The molecule has 2 heterocycles. The van der Waals surface area contributed by atoms with Gasteiger partial charge in [-0.3, -0.25) is 14.8 Å². The molecule has 7 heteroatoms. The fourth-order valence-electron chi connectivity index (χ4n) is 1.71. The van der Waals surface area contributed by atoms with E-state index >= 15 is 0 Å². The molecular weight excluding hydrogens is 246 g/mol. The van der Waals surface area contributed by atoms with Crippen LogP contribution in [0.25, 0.3) is 0 Å². The van der Waals surface area contributed by atoms with Gasteiger partial charge in [0, 0.05) is 25.0 Å². The number of hydrogen-bond donors (Lipinski definition) is 1. The highest BCUT2D eigenvalue weighted by atomic mass is 16.6. The minimum absolute atomic E-state index is 0.00311. The number of anilines is 1. The zero-order valence-corrected chi connectivity index (χ0v) is 10.8. The third kappa shape index (κ3) is 3.27. The van der Waals surface area contributed by atoms with E-state index in [1.807, 2.05) is 13.1 Å². The average Bonchev–Trinajstić information content (AvgIpc) is 2.77. The predicted octanol–water partition coefficient (Wildman–Crippen LogP) is 1.92. The van der Waals surface area contributed by atoms with E-state index in [-0.39, 0.29) is 5.69 Å². The number of nitrogens with zero attached hydrogens (tertiary/aromatic N) is 4. The highest BCUT2D eigenvalue weighted by molar-refractivity contribution is 5.56. The summed E-state index contributed by atoms with van der Waals surface area (Å²) in [5, 5.41) is 18.0. The molecule has 0 aliphatic rings. The molecule has 2 aromatic rings. The summed E-state index contributed by atoms with van der Waals surface area (Å²) in [4.78, 5) is 14.5. The van der Waals surface area contributed by atoms with Gasteiger partial charge in [-0.15, -0.1) is 0 Å². The number of pyridine rings is 1. The number of nitro groups is 1. The fourth-order valence-corrected chi connectivity index (χ4v) is 1.71. The summed E-state index contributed by atoms with van der Waals surface area (Å²) in [6, 6.07) is 1.51. The van der Waals surface area contributed by atoms with Crippen LogP contribution in [0.1, 0.15) is 11.1 Å². The number of rotatable bonds is 5. The minimum atomic E-state index is -0.430. The second-order valence-electron chi connectivity index (χ2n) is 4.35. The average molecular weight is 261 g/mol. The lowest BCUT2D eigenvalue weighted by molar-refractivity contribution is -0.384. The van der Waals surface area contributed by atoms with Gasteiger partial charge in [0.05, 0.1) is 17.7 Å². The Morgan fingerprint density at radius 1 is 1.37 bits per heavy atom. The Morgan fingerprint density at radius 3 is 2.79 bits per heavy atom. The van der Waals surface area contributed by atoms with Crippen molar-refractivity contribution in [3.63, 3.8) is 0 Å². The first-order valence-corrected chi connectivity index (χ1v) is 5.90. The molecule has 2 rings (SSSR count). The van der Waals surface area contributed by atoms with Crippen LogP contribution in [0.5, 0.6) is 0 Å². The number of hydrogen-bond acceptors (Lipinski definition) is 5. The predicted molar refractivity (Wildman–Crippen MR) is 71.1 cm³/mol. The summed E-state index contributed by atoms with van der Waals surface area (Å²) in [6.07, 6.45) is 5.29. The van der Waals surface area contributed by atoms with Crippen molar-refractivity contribution in [1.29, 1.82) is 0 Å². The van der Waals surface area contributed by atoms with Gasteiger partial charge in [0.1, 0.15) is 0 Å². The molecule has 0 aliphatic heterocycles. The maximum absolute atomic E-state index is 10.9. The van der Waals surface area contributed by atoms with Gasteiger partial charge in [-0.1, -0.05) is 0 Å².